The van der Waals surface area contributed by atoms with Crippen LogP contribution >= 0.6 is 11.3 Å². The summed E-state index contributed by atoms with van der Waals surface area (Å²) >= 11 is 1.62. The molecule has 2 aromatic rings. The number of benzene rings is 1. The molecule has 0 aliphatic carbocycles. The molecule has 0 spiro atoms. The second-order valence-corrected chi connectivity index (χ2v) is 5.96. The number of aromatic nitrogens is 1. The smallest absolute Gasteiger partial charge is 0.194 e. The highest BCUT2D eigenvalue weighted by Crippen LogP contribution is 2.16. The van der Waals surface area contributed by atoms with Crippen molar-refractivity contribution < 1.29 is 9.50 Å². The molecule has 22 heavy (non-hydrogen) atoms. The van der Waals surface area contributed by atoms with E-state index in [1.807, 2.05) is 24.3 Å². The zero-order chi connectivity index (χ0) is 16.1. The van der Waals surface area contributed by atoms with Crippen molar-refractivity contribution in [3.05, 3.63) is 45.7 Å². The molecule has 5 nitrogen and oxygen atoms in total. The molecule has 0 aliphatic rings. The molecule has 7 heteroatoms. The monoisotopic (exact) mass is 322 g/mol. The highest BCUT2D eigenvalue weighted by atomic mass is 32.1. The van der Waals surface area contributed by atoms with E-state index in [0.29, 0.717) is 19.0 Å². The molecule has 0 saturated carbocycles. The van der Waals surface area contributed by atoms with Crippen molar-refractivity contribution in [3.8, 4) is 5.75 Å². The normalized spacial score (nSPS) is 11.5. The van der Waals surface area contributed by atoms with Gasteiger partial charge in [0.15, 0.2) is 17.5 Å². The Bertz CT molecular complexity index is 671. The van der Waals surface area contributed by atoms with Crippen molar-refractivity contribution >= 4 is 17.3 Å². The number of thiazole rings is 1. The van der Waals surface area contributed by atoms with E-state index in [9.17, 15) is 9.50 Å². The minimum absolute atomic E-state index is 0.343. The molecule has 1 aromatic carbocycles. The molecule has 1 aromatic heterocycles. The summed E-state index contributed by atoms with van der Waals surface area (Å²) in [5, 5.41) is 15.4. The van der Waals surface area contributed by atoms with Crippen LogP contribution in [0.5, 0.6) is 5.75 Å². The van der Waals surface area contributed by atoms with Crippen molar-refractivity contribution in [1.29, 1.82) is 0 Å². The summed E-state index contributed by atoms with van der Waals surface area (Å²) in [7, 11) is 3.62. The zero-order valence-electron chi connectivity index (χ0n) is 12.8. The van der Waals surface area contributed by atoms with E-state index >= 15 is 0 Å². The number of nitrogens with zero attached hydrogens (tertiary/aromatic N) is 3. The van der Waals surface area contributed by atoms with Crippen molar-refractivity contribution in [2.45, 2.75) is 20.0 Å². The molecule has 0 radical (unpaired) electrons. The van der Waals surface area contributed by atoms with Gasteiger partial charge in [-0.25, -0.2) is 9.37 Å². The van der Waals surface area contributed by atoms with Crippen LogP contribution in [-0.2, 0) is 13.1 Å². The van der Waals surface area contributed by atoms with Gasteiger partial charge in [-0.3, -0.25) is 4.99 Å². The zero-order valence-corrected chi connectivity index (χ0v) is 13.6. The Morgan fingerprint density at radius 3 is 2.86 bits per heavy atom. The summed E-state index contributed by atoms with van der Waals surface area (Å²) in [6, 6.07) is 4.32. The van der Waals surface area contributed by atoms with Gasteiger partial charge in [-0.15, -0.1) is 11.3 Å². The first kappa shape index (κ1) is 16.2. The van der Waals surface area contributed by atoms with Gasteiger partial charge in [0.1, 0.15) is 0 Å². The first-order valence-electron chi connectivity index (χ1n) is 6.79. The Hall–Kier alpha value is -2.15. The highest BCUT2D eigenvalue weighted by Gasteiger charge is 2.09. The molecule has 0 fully saturated rings. The Balaban J connectivity index is 1.95. The van der Waals surface area contributed by atoms with Crippen LogP contribution in [0.25, 0.3) is 0 Å². The quantitative estimate of drug-likeness (QED) is 0.671. The van der Waals surface area contributed by atoms with Crippen LogP contribution < -0.4 is 5.32 Å². The number of aliphatic imine (C=N–C) groups is 1. The second-order valence-electron chi connectivity index (χ2n) is 4.90. The molecule has 0 atom stereocenters. The minimum atomic E-state index is -0.624. The molecular formula is C15H19FN4OS. The van der Waals surface area contributed by atoms with Crippen LogP contribution in [0.1, 0.15) is 16.3 Å². The maximum atomic E-state index is 13.3. The van der Waals surface area contributed by atoms with E-state index in [-0.39, 0.29) is 5.75 Å². The number of nitrogens with one attached hydrogen (secondary N) is 1. The highest BCUT2D eigenvalue weighted by molar-refractivity contribution is 7.09. The average molecular weight is 322 g/mol. The number of rotatable bonds is 4. The molecule has 2 N–H and O–H groups in total. The summed E-state index contributed by atoms with van der Waals surface area (Å²) in [6.07, 6.45) is 0. The first-order valence-corrected chi connectivity index (χ1v) is 7.67. The lowest BCUT2D eigenvalue weighted by Crippen LogP contribution is -2.38. The number of phenols is 1. The van der Waals surface area contributed by atoms with Crippen molar-refractivity contribution in [2.75, 3.05) is 14.1 Å². The lowest BCUT2D eigenvalue weighted by Gasteiger charge is -2.21. The number of hydrogen-bond donors (Lipinski definition) is 2. The Labute approximate surface area is 133 Å². The fraction of sp³-hybridized carbons (Fsp3) is 0.333. The van der Waals surface area contributed by atoms with E-state index in [0.717, 1.165) is 16.3 Å². The van der Waals surface area contributed by atoms with Gasteiger partial charge in [-0.2, -0.15) is 0 Å². The molecule has 118 valence electrons. The van der Waals surface area contributed by atoms with Gasteiger partial charge in [0.05, 0.1) is 17.2 Å². The number of guanidine groups is 1. The van der Waals surface area contributed by atoms with Gasteiger partial charge in [-0.05, 0) is 24.6 Å². The molecule has 0 unspecified atom stereocenters. The predicted octanol–water partition coefficient (Wildman–Crippen LogP) is 2.50. The topological polar surface area (TPSA) is 60.8 Å². The van der Waals surface area contributed by atoms with Crippen molar-refractivity contribution in [3.63, 3.8) is 0 Å². The van der Waals surface area contributed by atoms with Crippen LogP contribution in [0.3, 0.4) is 0 Å². The lowest BCUT2D eigenvalue weighted by atomic mass is 10.2. The summed E-state index contributed by atoms with van der Waals surface area (Å²) in [4.78, 5) is 10.6. The fourth-order valence-corrected chi connectivity index (χ4v) is 2.63. The van der Waals surface area contributed by atoms with Crippen LogP contribution in [0.15, 0.2) is 28.6 Å². The van der Waals surface area contributed by atoms with Crippen LogP contribution in [-0.4, -0.2) is 35.0 Å². The first-order chi connectivity index (χ1) is 10.5. The van der Waals surface area contributed by atoms with Gasteiger partial charge < -0.3 is 15.3 Å². The molecule has 0 aliphatic heterocycles. The average Bonchev–Trinajstić information content (AvgIpc) is 2.88. The van der Waals surface area contributed by atoms with Crippen molar-refractivity contribution in [2.24, 2.45) is 4.99 Å². The SMILES string of the molecule is CN=C(NCc1ccc(O)c(F)c1)N(C)Cc1csc(C)n1. The number of hydrogen-bond acceptors (Lipinski definition) is 4. The summed E-state index contributed by atoms with van der Waals surface area (Å²) in [6.45, 7) is 3.04. The Morgan fingerprint density at radius 1 is 1.50 bits per heavy atom. The van der Waals surface area contributed by atoms with Crippen LogP contribution in [0.2, 0.25) is 0 Å². The van der Waals surface area contributed by atoms with E-state index in [1.54, 1.807) is 24.5 Å². The minimum Gasteiger partial charge on any atom is -0.505 e. The number of phenolic OH excluding ortho intramolecular Hbond substituents is 1. The van der Waals surface area contributed by atoms with Gasteiger partial charge in [-0.1, -0.05) is 6.07 Å². The van der Waals surface area contributed by atoms with Gasteiger partial charge >= 0.3 is 0 Å². The third-order valence-electron chi connectivity index (χ3n) is 3.10. The fourth-order valence-electron chi connectivity index (χ4n) is 2.02. The van der Waals surface area contributed by atoms with E-state index in [1.165, 1.54) is 12.1 Å². The molecule has 0 bridgehead atoms. The number of aromatic hydroxyl groups is 1. The van der Waals surface area contributed by atoms with Gasteiger partial charge in [0.25, 0.3) is 0 Å². The Kier molecular flexibility index (Phi) is 5.32. The molecule has 1 heterocycles. The predicted molar refractivity (Wildman–Crippen MR) is 86.6 cm³/mol. The molecule has 0 amide bonds. The lowest BCUT2D eigenvalue weighted by molar-refractivity contribution is 0.431. The largest absolute Gasteiger partial charge is 0.505 e. The Morgan fingerprint density at radius 2 is 2.27 bits per heavy atom. The van der Waals surface area contributed by atoms with Crippen LogP contribution in [0.4, 0.5) is 4.39 Å². The molecular weight excluding hydrogens is 303 g/mol. The second kappa shape index (κ2) is 7.22. The summed E-state index contributed by atoms with van der Waals surface area (Å²) in [5.74, 6) is -0.274. The summed E-state index contributed by atoms with van der Waals surface area (Å²) < 4.78 is 13.3. The number of aryl methyl sites for hydroxylation is 1. The van der Waals surface area contributed by atoms with E-state index in [4.69, 9.17) is 0 Å². The molecule has 0 saturated heterocycles. The van der Waals surface area contributed by atoms with Crippen molar-refractivity contribution in [1.82, 2.24) is 15.2 Å². The summed E-state index contributed by atoms with van der Waals surface area (Å²) in [5.41, 5.74) is 1.72. The third kappa shape index (κ3) is 4.17. The van der Waals surface area contributed by atoms with E-state index < -0.39 is 5.82 Å². The van der Waals surface area contributed by atoms with Gasteiger partial charge in [0, 0.05) is 26.0 Å². The van der Waals surface area contributed by atoms with Gasteiger partial charge in [0.2, 0.25) is 0 Å². The maximum absolute atomic E-state index is 13.3. The standard InChI is InChI=1S/C15H19FN4OS/c1-10-19-12(9-22-10)8-20(3)15(17-2)18-7-11-4-5-14(21)13(16)6-11/h4-6,9,21H,7-8H2,1-3H3,(H,17,18). The number of halogens is 1. The van der Waals surface area contributed by atoms with E-state index in [2.05, 4.69) is 15.3 Å². The maximum Gasteiger partial charge on any atom is 0.194 e. The van der Waals surface area contributed by atoms with Crippen LogP contribution in [0, 0.1) is 12.7 Å². The molecule has 2 rings (SSSR count). The third-order valence-corrected chi connectivity index (χ3v) is 3.92.